The van der Waals surface area contributed by atoms with Crippen molar-refractivity contribution < 1.29 is 18.7 Å². The van der Waals surface area contributed by atoms with Gasteiger partial charge in [-0.15, -0.1) is 11.3 Å². The molecule has 0 fully saturated rings. The van der Waals surface area contributed by atoms with Gasteiger partial charge in [-0.1, -0.05) is 49.2 Å². The van der Waals surface area contributed by atoms with Gasteiger partial charge in [0.15, 0.2) is 0 Å². The van der Waals surface area contributed by atoms with Gasteiger partial charge in [0, 0.05) is 21.7 Å². The van der Waals surface area contributed by atoms with Crippen LogP contribution in [0.25, 0.3) is 16.2 Å². The highest BCUT2D eigenvalue weighted by Crippen LogP contribution is 2.36. The number of fused-ring (bicyclic) bond motifs is 1. The van der Waals surface area contributed by atoms with Gasteiger partial charge in [-0.05, 0) is 30.7 Å². The lowest BCUT2D eigenvalue weighted by atomic mass is 10.1. The lowest BCUT2D eigenvalue weighted by molar-refractivity contribution is -0.111. The van der Waals surface area contributed by atoms with Gasteiger partial charge < -0.3 is 10.1 Å². The van der Waals surface area contributed by atoms with Gasteiger partial charge in [0.1, 0.15) is 16.4 Å². The zero-order valence-electron chi connectivity index (χ0n) is 15.7. The second kappa shape index (κ2) is 9.67. The van der Waals surface area contributed by atoms with Crippen LogP contribution < -0.4 is 5.32 Å². The lowest BCUT2D eigenvalue weighted by Crippen LogP contribution is -2.12. The van der Waals surface area contributed by atoms with Gasteiger partial charge in [-0.2, -0.15) is 0 Å². The molecule has 0 aliphatic carbocycles. The number of hydrogen-bond acceptors (Lipinski definition) is 4. The lowest BCUT2D eigenvalue weighted by Gasteiger charge is -2.06. The quantitative estimate of drug-likeness (QED) is 0.271. The monoisotopic (exact) mass is 431 g/mol. The van der Waals surface area contributed by atoms with Gasteiger partial charge in [-0.25, -0.2) is 9.18 Å². The molecule has 0 aliphatic rings. The number of amides is 1. The first-order valence-electron chi connectivity index (χ1n) is 9.13. The minimum atomic E-state index is -0.524. The Hall–Kier alpha value is -2.70. The maximum Gasteiger partial charge on any atom is 0.341 e. The standard InChI is InChI=1S/C22H19ClFNO3S/c1-2-3-13-28-22(27)20-15-7-4-5-10-18(15)29-21(20)25-19(26)12-11-14-16(23)8-6-9-17(14)24/h4-12H,2-3,13H2,1H3,(H,25,26)/b12-11+. The highest BCUT2D eigenvalue weighted by Gasteiger charge is 2.21. The summed E-state index contributed by atoms with van der Waals surface area (Å²) >= 11 is 7.25. The fourth-order valence-electron chi connectivity index (χ4n) is 2.70. The van der Waals surface area contributed by atoms with Crippen LogP contribution in [0.4, 0.5) is 9.39 Å². The molecular formula is C22H19ClFNO3S. The number of thiophene rings is 1. The first kappa shape index (κ1) is 21.0. The zero-order chi connectivity index (χ0) is 20.8. The van der Waals surface area contributed by atoms with E-state index >= 15 is 0 Å². The molecule has 4 nitrogen and oxygen atoms in total. The average molecular weight is 432 g/mol. The Balaban J connectivity index is 1.85. The number of unbranched alkanes of at least 4 members (excludes halogenated alkanes) is 1. The number of ether oxygens (including phenoxy) is 1. The van der Waals surface area contributed by atoms with E-state index in [1.807, 2.05) is 31.2 Å². The Morgan fingerprint density at radius 1 is 1.21 bits per heavy atom. The summed E-state index contributed by atoms with van der Waals surface area (Å²) < 4.78 is 20.1. The highest BCUT2D eigenvalue weighted by atomic mass is 35.5. The molecule has 2 aromatic carbocycles. The number of nitrogens with one attached hydrogen (secondary N) is 1. The van der Waals surface area contributed by atoms with Crippen molar-refractivity contribution in [2.75, 3.05) is 11.9 Å². The third-order valence-electron chi connectivity index (χ3n) is 4.17. The van der Waals surface area contributed by atoms with E-state index in [1.165, 1.54) is 35.6 Å². The number of halogens is 2. The fraction of sp³-hybridized carbons (Fsp3) is 0.182. The molecule has 29 heavy (non-hydrogen) atoms. The Morgan fingerprint density at radius 2 is 2.00 bits per heavy atom. The maximum absolute atomic E-state index is 13.9. The first-order chi connectivity index (χ1) is 14.0. The Morgan fingerprint density at radius 3 is 2.76 bits per heavy atom. The van der Waals surface area contributed by atoms with Crippen LogP contribution >= 0.6 is 22.9 Å². The van der Waals surface area contributed by atoms with Crippen molar-refractivity contribution in [1.82, 2.24) is 0 Å². The van der Waals surface area contributed by atoms with Gasteiger partial charge in [0.05, 0.1) is 11.6 Å². The summed E-state index contributed by atoms with van der Waals surface area (Å²) in [5.74, 6) is -1.51. The van der Waals surface area contributed by atoms with E-state index < -0.39 is 17.7 Å². The second-order valence-electron chi connectivity index (χ2n) is 6.25. The van der Waals surface area contributed by atoms with Crippen LogP contribution in [0.15, 0.2) is 48.5 Å². The van der Waals surface area contributed by atoms with E-state index in [1.54, 1.807) is 6.07 Å². The molecule has 1 heterocycles. The van der Waals surface area contributed by atoms with Gasteiger partial charge in [0.25, 0.3) is 0 Å². The van der Waals surface area contributed by atoms with Crippen LogP contribution in [0.1, 0.15) is 35.7 Å². The molecule has 0 bridgehead atoms. The molecule has 0 unspecified atom stereocenters. The molecule has 150 valence electrons. The number of anilines is 1. The number of carbonyl (C=O) groups is 2. The van der Waals surface area contributed by atoms with Gasteiger partial charge >= 0.3 is 5.97 Å². The third kappa shape index (κ3) is 5.02. The summed E-state index contributed by atoms with van der Waals surface area (Å²) in [6.07, 6.45) is 4.16. The summed E-state index contributed by atoms with van der Waals surface area (Å²) in [4.78, 5) is 25.0. The van der Waals surface area contributed by atoms with Crippen molar-refractivity contribution in [2.24, 2.45) is 0 Å². The molecule has 1 N–H and O–H groups in total. The number of carbonyl (C=O) groups excluding carboxylic acids is 2. The molecule has 0 radical (unpaired) electrons. The Bertz CT molecular complexity index is 1060. The van der Waals surface area contributed by atoms with Crippen LogP contribution in [-0.4, -0.2) is 18.5 Å². The van der Waals surface area contributed by atoms with E-state index in [-0.39, 0.29) is 10.6 Å². The van der Waals surface area contributed by atoms with Crippen LogP contribution in [0.5, 0.6) is 0 Å². The number of esters is 1. The summed E-state index contributed by atoms with van der Waals surface area (Å²) in [5, 5.41) is 4.02. The zero-order valence-corrected chi connectivity index (χ0v) is 17.3. The van der Waals surface area contributed by atoms with E-state index in [4.69, 9.17) is 16.3 Å². The molecule has 7 heteroatoms. The van der Waals surface area contributed by atoms with Crippen molar-refractivity contribution in [3.63, 3.8) is 0 Å². The average Bonchev–Trinajstić information content (AvgIpc) is 3.05. The molecule has 0 saturated carbocycles. The van der Waals surface area contributed by atoms with Gasteiger partial charge in [0.2, 0.25) is 5.91 Å². The SMILES string of the molecule is CCCCOC(=O)c1c(NC(=O)/C=C/c2c(F)cccc2Cl)sc2ccccc12. The Labute approximate surface area is 176 Å². The predicted molar refractivity (Wildman–Crippen MR) is 116 cm³/mol. The molecule has 3 aromatic rings. The van der Waals surface area contributed by atoms with Crippen molar-refractivity contribution >= 4 is 56.0 Å². The van der Waals surface area contributed by atoms with E-state index in [9.17, 15) is 14.0 Å². The fourth-order valence-corrected chi connectivity index (χ4v) is 4.02. The third-order valence-corrected chi connectivity index (χ3v) is 5.58. The summed E-state index contributed by atoms with van der Waals surface area (Å²) in [7, 11) is 0. The summed E-state index contributed by atoms with van der Waals surface area (Å²) in [5.41, 5.74) is 0.451. The van der Waals surface area contributed by atoms with Crippen molar-refractivity contribution in [2.45, 2.75) is 19.8 Å². The molecule has 0 saturated heterocycles. The first-order valence-corrected chi connectivity index (χ1v) is 10.3. The van der Waals surface area contributed by atoms with E-state index in [2.05, 4.69) is 5.32 Å². The summed E-state index contributed by atoms with van der Waals surface area (Å²) in [6.45, 7) is 2.33. The minimum Gasteiger partial charge on any atom is -0.462 e. The van der Waals surface area contributed by atoms with Crippen molar-refractivity contribution in [3.05, 3.63) is 70.5 Å². The maximum atomic E-state index is 13.9. The van der Waals surface area contributed by atoms with Crippen molar-refractivity contribution in [3.8, 4) is 0 Å². The van der Waals surface area contributed by atoms with Crippen LogP contribution in [0.2, 0.25) is 5.02 Å². The number of hydrogen-bond donors (Lipinski definition) is 1. The molecule has 3 rings (SSSR count). The van der Waals surface area contributed by atoms with Crippen molar-refractivity contribution in [1.29, 1.82) is 0 Å². The Kier molecular flexibility index (Phi) is 7.01. The smallest absolute Gasteiger partial charge is 0.341 e. The number of rotatable bonds is 7. The minimum absolute atomic E-state index is 0.125. The normalized spacial score (nSPS) is 11.1. The second-order valence-corrected chi connectivity index (χ2v) is 7.71. The molecule has 0 aliphatic heterocycles. The largest absolute Gasteiger partial charge is 0.462 e. The summed E-state index contributed by atoms with van der Waals surface area (Å²) in [6, 6.07) is 11.7. The molecule has 1 aromatic heterocycles. The van der Waals surface area contributed by atoms with Crippen LogP contribution in [0.3, 0.4) is 0 Å². The predicted octanol–water partition coefficient (Wildman–Crippen LogP) is 6.30. The molecule has 1 amide bonds. The number of benzene rings is 2. The molecule has 0 spiro atoms. The van der Waals surface area contributed by atoms with E-state index in [0.29, 0.717) is 17.2 Å². The highest BCUT2D eigenvalue weighted by molar-refractivity contribution is 7.23. The van der Waals surface area contributed by atoms with E-state index in [0.717, 1.165) is 22.9 Å². The topological polar surface area (TPSA) is 55.4 Å². The molecule has 0 atom stereocenters. The molecular weight excluding hydrogens is 413 g/mol. The van der Waals surface area contributed by atoms with Gasteiger partial charge in [-0.3, -0.25) is 4.79 Å². The van der Waals surface area contributed by atoms with Crippen LogP contribution in [-0.2, 0) is 9.53 Å². The van der Waals surface area contributed by atoms with Crippen LogP contribution in [0, 0.1) is 5.82 Å².